The second-order valence-corrected chi connectivity index (χ2v) is 5.90. The average molecular weight is 345 g/mol. The number of aryl methyl sites for hydroxylation is 1. The van der Waals surface area contributed by atoms with Gasteiger partial charge in [0.15, 0.2) is 0 Å². The van der Waals surface area contributed by atoms with E-state index in [-0.39, 0.29) is 0 Å². The summed E-state index contributed by atoms with van der Waals surface area (Å²) in [6.45, 7) is 2.77. The zero-order valence-corrected chi connectivity index (χ0v) is 13.8. The highest BCUT2D eigenvalue weighted by Crippen LogP contribution is 2.31. The number of halogens is 3. The highest BCUT2D eigenvalue weighted by atomic mass is 19.4. The second kappa shape index (κ2) is 7.09. The number of benzene rings is 2. The van der Waals surface area contributed by atoms with Crippen molar-refractivity contribution in [3.8, 4) is 11.1 Å². The normalized spacial score (nSPS) is 11.7. The molecule has 0 fully saturated rings. The second-order valence-electron chi connectivity index (χ2n) is 5.90. The molecule has 1 aromatic heterocycles. The van der Waals surface area contributed by atoms with E-state index in [1.807, 2.05) is 28.8 Å². The minimum Gasteiger partial charge on any atom is -0.313 e. The molecule has 1 heterocycles. The van der Waals surface area contributed by atoms with Crippen LogP contribution in [0.3, 0.4) is 0 Å². The van der Waals surface area contributed by atoms with E-state index in [1.54, 1.807) is 6.33 Å². The number of hydrogen-bond acceptors (Lipinski definition) is 2. The van der Waals surface area contributed by atoms with E-state index in [1.165, 1.54) is 12.1 Å². The predicted molar refractivity (Wildman–Crippen MR) is 90.0 cm³/mol. The first-order valence-corrected chi connectivity index (χ1v) is 8.10. The van der Waals surface area contributed by atoms with Crippen LogP contribution in [-0.4, -0.2) is 14.8 Å². The summed E-state index contributed by atoms with van der Waals surface area (Å²) < 4.78 is 39.9. The maximum Gasteiger partial charge on any atom is 0.416 e. The lowest BCUT2D eigenvalue weighted by Gasteiger charge is -2.09. The maximum atomic E-state index is 12.6. The summed E-state index contributed by atoms with van der Waals surface area (Å²) in [6, 6.07) is 13.0. The lowest BCUT2D eigenvalue weighted by molar-refractivity contribution is -0.137. The number of rotatable bonds is 5. The van der Waals surface area contributed by atoms with Gasteiger partial charge in [-0.05, 0) is 35.2 Å². The molecule has 0 aliphatic rings. The number of alkyl halides is 3. The summed E-state index contributed by atoms with van der Waals surface area (Å²) in [6.07, 6.45) is -0.707. The molecule has 0 aliphatic carbocycles. The highest BCUT2D eigenvalue weighted by molar-refractivity contribution is 5.64. The summed E-state index contributed by atoms with van der Waals surface area (Å²) >= 11 is 0. The first kappa shape index (κ1) is 17.2. The Morgan fingerprint density at radius 2 is 1.52 bits per heavy atom. The van der Waals surface area contributed by atoms with Crippen LogP contribution in [0.15, 0.2) is 54.9 Å². The molecular weight excluding hydrogens is 327 g/mol. The Hall–Kier alpha value is -2.63. The van der Waals surface area contributed by atoms with E-state index in [2.05, 4.69) is 17.1 Å². The third-order valence-corrected chi connectivity index (χ3v) is 4.02. The van der Waals surface area contributed by atoms with Crippen molar-refractivity contribution in [2.24, 2.45) is 0 Å². The van der Waals surface area contributed by atoms with Crippen LogP contribution >= 0.6 is 0 Å². The fourth-order valence-corrected chi connectivity index (χ4v) is 2.68. The molecule has 0 N–H and O–H groups in total. The Morgan fingerprint density at radius 3 is 2.08 bits per heavy atom. The Balaban J connectivity index is 1.75. The van der Waals surface area contributed by atoms with E-state index in [4.69, 9.17) is 0 Å². The van der Waals surface area contributed by atoms with Gasteiger partial charge in [0.1, 0.15) is 12.2 Å². The van der Waals surface area contributed by atoms with Crippen molar-refractivity contribution in [3.63, 3.8) is 0 Å². The smallest absolute Gasteiger partial charge is 0.313 e. The molecule has 25 heavy (non-hydrogen) atoms. The minimum absolute atomic E-state index is 0.635. The Bertz CT molecular complexity index is 818. The van der Waals surface area contributed by atoms with E-state index in [0.29, 0.717) is 6.54 Å². The van der Waals surface area contributed by atoms with Gasteiger partial charge in [-0.3, -0.25) is 0 Å². The van der Waals surface area contributed by atoms with Crippen LogP contribution in [0.5, 0.6) is 0 Å². The number of aromatic nitrogens is 3. The highest BCUT2D eigenvalue weighted by Gasteiger charge is 2.29. The van der Waals surface area contributed by atoms with E-state index >= 15 is 0 Å². The lowest BCUT2D eigenvalue weighted by atomic mass is 10.0. The monoisotopic (exact) mass is 345 g/mol. The molecule has 0 bridgehead atoms. The van der Waals surface area contributed by atoms with Gasteiger partial charge in [-0.15, -0.1) is 10.2 Å². The maximum absolute atomic E-state index is 12.6. The van der Waals surface area contributed by atoms with E-state index in [9.17, 15) is 13.2 Å². The standard InChI is InChI=1S/C19H18F3N3/c1-2-3-18-24-23-13-25(18)12-14-4-6-15(7-5-14)16-8-10-17(11-9-16)19(20,21)22/h4-11,13H,2-3,12H2,1H3. The fraction of sp³-hybridized carbons (Fsp3) is 0.263. The van der Waals surface area contributed by atoms with Gasteiger partial charge in [0.05, 0.1) is 12.1 Å². The van der Waals surface area contributed by atoms with Crippen LogP contribution in [0.2, 0.25) is 0 Å². The summed E-state index contributed by atoms with van der Waals surface area (Å²) in [5.41, 5.74) is 2.10. The largest absolute Gasteiger partial charge is 0.416 e. The summed E-state index contributed by atoms with van der Waals surface area (Å²) in [5, 5.41) is 8.07. The van der Waals surface area contributed by atoms with Crippen LogP contribution in [0.4, 0.5) is 13.2 Å². The average Bonchev–Trinajstić information content (AvgIpc) is 3.02. The zero-order valence-electron chi connectivity index (χ0n) is 13.8. The molecular formula is C19H18F3N3. The molecule has 3 aromatic rings. The molecule has 2 aromatic carbocycles. The van der Waals surface area contributed by atoms with Gasteiger partial charge < -0.3 is 4.57 Å². The molecule has 0 saturated heterocycles. The molecule has 0 spiro atoms. The molecule has 0 unspecified atom stereocenters. The molecule has 0 saturated carbocycles. The van der Waals surface area contributed by atoms with Crippen LogP contribution in [0.1, 0.15) is 30.3 Å². The first-order chi connectivity index (χ1) is 12.0. The van der Waals surface area contributed by atoms with Gasteiger partial charge in [-0.2, -0.15) is 13.2 Å². The number of hydrogen-bond donors (Lipinski definition) is 0. The van der Waals surface area contributed by atoms with Gasteiger partial charge >= 0.3 is 6.18 Å². The summed E-state index contributed by atoms with van der Waals surface area (Å²) in [4.78, 5) is 0. The van der Waals surface area contributed by atoms with Gasteiger partial charge in [0.25, 0.3) is 0 Å². The molecule has 3 nitrogen and oxygen atoms in total. The van der Waals surface area contributed by atoms with Gasteiger partial charge in [-0.25, -0.2) is 0 Å². The molecule has 130 valence electrons. The molecule has 0 radical (unpaired) electrons. The van der Waals surface area contributed by atoms with Crippen molar-refractivity contribution < 1.29 is 13.2 Å². The summed E-state index contributed by atoms with van der Waals surface area (Å²) in [5.74, 6) is 0.953. The Kier molecular flexibility index (Phi) is 4.88. The van der Waals surface area contributed by atoms with Crippen molar-refractivity contribution >= 4 is 0 Å². The van der Waals surface area contributed by atoms with Crippen molar-refractivity contribution in [2.45, 2.75) is 32.5 Å². The molecule has 6 heteroatoms. The van der Waals surface area contributed by atoms with Crippen LogP contribution in [0, 0.1) is 0 Å². The molecule has 0 amide bonds. The topological polar surface area (TPSA) is 30.7 Å². The minimum atomic E-state index is -4.31. The van der Waals surface area contributed by atoms with Crippen LogP contribution < -0.4 is 0 Å². The Morgan fingerprint density at radius 1 is 0.920 bits per heavy atom. The Labute approximate surface area is 144 Å². The predicted octanol–water partition coefficient (Wildman–Crippen LogP) is 4.96. The number of nitrogens with zero attached hydrogens (tertiary/aromatic N) is 3. The third kappa shape index (κ3) is 4.07. The quantitative estimate of drug-likeness (QED) is 0.654. The van der Waals surface area contributed by atoms with Crippen LogP contribution in [0.25, 0.3) is 11.1 Å². The van der Waals surface area contributed by atoms with Gasteiger partial charge in [0, 0.05) is 6.42 Å². The lowest BCUT2D eigenvalue weighted by Crippen LogP contribution is -2.04. The van der Waals surface area contributed by atoms with E-state index in [0.717, 1.165) is 47.5 Å². The van der Waals surface area contributed by atoms with E-state index < -0.39 is 11.7 Å². The zero-order chi connectivity index (χ0) is 17.9. The van der Waals surface area contributed by atoms with Crippen LogP contribution in [-0.2, 0) is 19.1 Å². The van der Waals surface area contributed by atoms with Crippen molar-refractivity contribution in [3.05, 3.63) is 71.8 Å². The van der Waals surface area contributed by atoms with Crippen molar-refractivity contribution in [1.82, 2.24) is 14.8 Å². The third-order valence-electron chi connectivity index (χ3n) is 4.02. The fourth-order valence-electron chi connectivity index (χ4n) is 2.68. The van der Waals surface area contributed by atoms with Gasteiger partial charge in [-0.1, -0.05) is 43.3 Å². The SMILES string of the molecule is CCCc1nncn1Cc1ccc(-c2ccc(C(F)(F)F)cc2)cc1. The molecule has 0 atom stereocenters. The van der Waals surface area contributed by atoms with Crippen molar-refractivity contribution in [2.75, 3.05) is 0 Å². The molecule has 3 rings (SSSR count). The molecule has 0 aliphatic heterocycles. The summed E-state index contributed by atoms with van der Waals surface area (Å²) in [7, 11) is 0. The van der Waals surface area contributed by atoms with Crippen molar-refractivity contribution in [1.29, 1.82) is 0 Å². The van der Waals surface area contributed by atoms with Gasteiger partial charge in [0.2, 0.25) is 0 Å². The first-order valence-electron chi connectivity index (χ1n) is 8.10.